The summed E-state index contributed by atoms with van der Waals surface area (Å²) >= 11 is 6.08. The van der Waals surface area contributed by atoms with Gasteiger partial charge in [-0.3, -0.25) is 9.10 Å². The molecule has 1 N–H and O–H groups in total. The number of hydrogen-bond donors (Lipinski definition) is 1. The number of halogens is 2. The van der Waals surface area contributed by atoms with E-state index in [0.29, 0.717) is 16.5 Å². The molecular weight excluding hydrogens is 511 g/mol. The van der Waals surface area contributed by atoms with Gasteiger partial charge in [0.15, 0.2) is 11.5 Å². The lowest BCUT2D eigenvalue weighted by molar-refractivity contribution is -0.119. The van der Waals surface area contributed by atoms with Crippen LogP contribution in [0.2, 0.25) is 5.02 Å². The van der Waals surface area contributed by atoms with Crippen LogP contribution >= 0.6 is 11.6 Å². The molecule has 0 saturated carbocycles. The molecule has 192 valence electrons. The molecule has 0 radical (unpaired) electrons. The highest BCUT2D eigenvalue weighted by atomic mass is 35.5. The molecule has 36 heavy (non-hydrogen) atoms. The van der Waals surface area contributed by atoms with E-state index in [9.17, 15) is 17.6 Å². The van der Waals surface area contributed by atoms with E-state index in [2.05, 4.69) is 5.32 Å². The summed E-state index contributed by atoms with van der Waals surface area (Å²) in [5.74, 6) is -0.0226. The zero-order valence-electron chi connectivity index (χ0n) is 20.0. The van der Waals surface area contributed by atoms with Crippen molar-refractivity contribution in [2.75, 3.05) is 38.2 Å². The minimum absolute atomic E-state index is 0.117. The van der Waals surface area contributed by atoms with Crippen LogP contribution in [0.5, 0.6) is 17.2 Å². The minimum Gasteiger partial charge on any atom is -0.493 e. The maximum atomic E-state index is 13.5. The van der Waals surface area contributed by atoms with E-state index in [1.807, 2.05) is 13.0 Å². The smallest absolute Gasteiger partial charge is 0.264 e. The molecule has 0 aromatic heterocycles. The Morgan fingerprint density at radius 2 is 1.69 bits per heavy atom. The molecule has 0 spiro atoms. The van der Waals surface area contributed by atoms with Gasteiger partial charge in [-0.2, -0.15) is 0 Å². The number of nitrogens with one attached hydrogen (secondary N) is 1. The molecule has 0 heterocycles. The number of sulfonamides is 1. The normalized spacial score (nSPS) is 11.0. The highest BCUT2D eigenvalue weighted by Gasteiger charge is 2.28. The van der Waals surface area contributed by atoms with Gasteiger partial charge in [-0.1, -0.05) is 17.7 Å². The van der Waals surface area contributed by atoms with Gasteiger partial charge >= 0.3 is 0 Å². The number of aryl methyl sites for hydroxylation is 1. The lowest BCUT2D eigenvalue weighted by atomic mass is 10.2. The predicted octanol–water partition coefficient (Wildman–Crippen LogP) is 4.20. The Morgan fingerprint density at radius 1 is 1.00 bits per heavy atom. The van der Waals surface area contributed by atoms with Gasteiger partial charge in [-0.25, -0.2) is 12.8 Å². The lowest BCUT2D eigenvalue weighted by Crippen LogP contribution is -2.42. The van der Waals surface area contributed by atoms with E-state index < -0.39 is 28.3 Å². The SMILES string of the molecule is COc1ccc(S(=O)(=O)N(CC(=O)NCCOc2ccc(C)c(Cl)c2)c2ccc(F)cc2)cc1OC. The molecule has 0 aliphatic rings. The number of amides is 1. The van der Waals surface area contributed by atoms with Crippen LogP contribution in [0.15, 0.2) is 65.6 Å². The Labute approximate surface area is 214 Å². The second-order valence-electron chi connectivity index (χ2n) is 7.61. The Morgan fingerprint density at radius 3 is 2.33 bits per heavy atom. The lowest BCUT2D eigenvalue weighted by Gasteiger charge is -2.24. The van der Waals surface area contributed by atoms with Crippen LogP contribution in [-0.4, -0.2) is 48.2 Å². The standard InChI is InChI=1S/C25H26ClFN2O6S/c1-17-4-9-20(14-22(17)26)35-13-12-28-25(30)16-29(19-7-5-18(27)6-8-19)36(31,32)21-10-11-23(33-2)24(15-21)34-3/h4-11,14-15H,12-13,16H2,1-3H3,(H,28,30). The van der Waals surface area contributed by atoms with Gasteiger partial charge in [-0.05, 0) is 61.0 Å². The van der Waals surface area contributed by atoms with Gasteiger partial charge in [0.2, 0.25) is 5.91 Å². The molecule has 3 rings (SSSR count). The summed E-state index contributed by atoms with van der Waals surface area (Å²) in [6.45, 7) is 1.59. The number of benzene rings is 3. The van der Waals surface area contributed by atoms with Crippen molar-refractivity contribution in [3.63, 3.8) is 0 Å². The molecule has 8 nitrogen and oxygen atoms in total. The molecule has 11 heteroatoms. The van der Waals surface area contributed by atoms with E-state index in [1.54, 1.807) is 12.1 Å². The maximum Gasteiger partial charge on any atom is 0.264 e. The van der Waals surface area contributed by atoms with E-state index in [0.717, 1.165) is 22.0 Å². The van der Waals surface area contributed by atoms with Crippen molar-refractivity contribution in [1.82, 2.24) is 5.32 Å². The average Bonchev–Trinajstić information content (AvgIpc) is 2.87. The number of carbonyl (C=O) groups is 1. The predicted molar refractivity (Wildman–Crippen MR) is 135 cm³/mol. The summed E-state index contributed by atoms with van der Waals surface area (Å²) in [5.41, 5.74) is 1.03. The summed E-state index contributed by atoms with van der Waals surface area (Å²) in [4.78, 5) is 12.6. The molecule has 0 fully saturated rings. The van der Waals surface area contributed by atoms with Crippen LogP contribution in [0.25, 0.3) is 0 Å². The number of carbonyl (C=O) groups excluding carboxylic acids is 1. The van der Waals surface area contributed by atoms with Crippen molar-refractivity contribution >= 4 is 33.2 Å². The van der Waals surface area contributed by atoms with Crippen LogP contribution in [0, 0.1) is 12.7 Å². The van der Waals surface area contributed by atoms with E-state index >= 15 is 0 Å². The van der Waals surface area contributed by atoms with Crippen molar-refractivity contribution < 1.29 is 31.8 Å². The van der Waals surface area contributed by atoms with Crippen LogP contribution < -0.4 is 23.8 Å². The molecule has 0 aliphatic carbocycles. The summed E-state index contributed by atoms with van der Waals surface area (Å²) in [5, 5.41) is 3.19. The quantitative estimate of drug-likeness (QED) is 0.369. The fourth-order valence-corrected chi connectivity index (χ4v) is 4.84. The molecule has 0 unspecified atom stereocenters. The van der Waals surface area contributed by atoms with Gasteiger partial charge in [0.1, 0.15) is 24.7 Å². The third-order valence-electron chi connectivity index (χ3n) is 5.18. The average molecular weight is 537 g/mol. The van der Waals surface area contributed by atoms with Gasteiger partial charge in [-0.15, -0.1) is 0 Å². The van der Waals surface area contributed by atoms with E-state index in [4.69, 9.17) is 25.8 Å². The Hall–Kier alpha value is -3.50. The number of nitrogens with zero attached hydrogens (tertiary/aromatic N) is 1. The summed E-state index contributed by atoms with van der Waals surface area (Å²) < 4.78 is 57.4. The van der Waals surface area contributed by atoms with Crippen molar-refractivity contribution in [2.45, 2.75) is 11.8 Å². The highest BCUT2D eigenvalue weighted by Crippen LogP contribution is 2.32. The van der Waals surface area contributed by atoms with Crippen LogP contribution in [0.4, 0.5) is 10.1 Å². The Bertz CT molecular complexity index is 1320. The third kappa shape index (κ3) is 6.58. The first-order chi connectivity index (χ1) is 17.1. The van der Waals surface area contributed by atoms with Crippen molar-refractivity contribution in [3.05, 3.63) is 77.1 Å². The number of rotatable bonds is 11. The van der Waals surface area contributed by atoms with Crippen molar-refractivity contribution in [2.24, 2.45) is 0 Å². The van der Waals surface area contributed by atoms with Gasteiger partial charge in [0.25, 0.3) is 10.0 Å². The van der Waals surface area contributed by atoms with Gasteiger partial charge in [0, 0.05) is 11.1 Å². The summed E-state index contributed by atoms with van der Waals surface area (Å²) in [6.07, 6.45) is 0. The third-order valence-corrected chi connectivity index (χ3v) is 7.36. The molecule has 0 aliphatic heterocycles. The summed E-state index contributed by atoms with van der Waals surface area (Å²) in [6, 6.07) is 14.1. The number of anilines is 1. The minimum atomic E-state index is -4.23. The first-order valence-corrected chi connectivity index (χ1v) is 12.6. The second-order valence-corrected chi connectivity index (χ2v) is 9.88. The fraction of sp³-hybridized carbons (Fsp3) is 0.240. The molecule has 1 amide bonds. The maximum absolute atomic E-state index is 13.5. The molecular formula is C25H26ClFN2O6S. The number of hydrogen-bond acceptors (Lipinski definition) is 6. The molecule has 3 aromatic carbocycles. The Balaban J connectivity index is 1.75. The molecule has 0 atom stereocenters. The topological polar surface area (TPSA) is 94.2 Å². The fourth-order valence-electron chi connectivity index (χ4n) is 3.24. The van der Waals surface area contributed by atoms with Crippen molar-refractivity contribution in [3.8, 4) is 17.2 Å². The van der Waals surface area contributed by atoms with Gasteiger partial charge in [0.05, 0.1) is 31.3 Å². The molecule has 0 saturated heterocycles. The largest absolute Gasteiger partial charge is 0.493 e. The number of ether oxygens (including phenoxy) is 3. The van der Waals surface area contributed by atoms with Crippen molar-refractivity contribution in [1.29, 1.82) is 0 Å². The first-order valence-electron chi connectivity index (χ1n) is 10.8. The molecule has 0 bridgehead atoms. The van der Waals surface area contributed by atoms with Crippen LogP contribution in [-0.2, 0) is 14.8 Å². The zero-order chi connectivity index (χ0) is 26.3. The first kappa shape index (κ1) is 27.1. The number of methoxy groups -OCH3 is 2. The monoisotopic (exact) mass is 536 g/mol. The summed E-state index contributed by atoms with van der Waals surface area (Å²) in [7, 11) is -1.42. The highest BCUT2D eigenvalue weighted by molar-refractivity contribution is 7.92. The molecule has 3 aromatic rings. The van der Waals surface area contributed by atoms with Crippen LogP contribution in [0.3, 0.4) is 0 Å². The van der Waals surface area contributed by atoms with Crippen LogP contribution in [0.1, 0.15) is 5.56 Å². The van der Waals surface area contributed by atoms with E-state index in [-0.39, 0.29) is 29.5 Å². The Kier molecular flexibility index (Phi) is 9.00. The zero-order valence-corrected chi connectivity index (χ0v) is 21.5. The second kappa shape index (κ2) is 12.0. The van der Waals surface area contributed by atoms with Gasteiger partial charge < -0.3 is 19.5 Å². The van der Waals surface area contributed by atoms with E-state index in [1.165, 1.54) is 44.6 Å².